The van der Waals surface area contributed by atoms with Crippen LogP contribution in [0.2, 0.25) is 10.0 Å². The minimum absolute atomic E-state index is 0.134. The van der Waals surface area contributed by atoms with Gasteiger partial charge in [0.15, 0.2) is 5.75 Å². The summed E-state index contributed by atoms with van der Waals surface area (Å²) in [7, 11) is 0. The van der Waals surface area contributed by atoms with E-state index in [2.05, 4.69) is 15.9 Å². The average Bonchev–Trinajstić information content (AvgIpc) is 2.38. The molecule has 2 aromatic carbocycles. The van der Waals surface area contributed by atoms with Gasteiger partial charge in [0, 0.05) is 26.1 Å². The van der Waals surface area contributed by atoms with Crippen molar-refractivity contribution in [1.29, 1.82) is 0 Å². The van der Waals surface area contributed by atoms with E-state index in [0.29, 0.717) is 5.02 Å². The molecule has 7 heteroatoms. The zero-order valence-corrected chi connectivity index (χ0v) is 13.1. The minimum Gasteiger partial charge on any atom is -0.482 e. The molecule has 0 bridgehead atoms. The molecule has 0 aliphatic carbocycles. The highest BCUT2D eigenvalue weighted by Crippen LogP contribution is 2.31. The monoisotopic (exact) mass is 375 g/mol. The fraction of sp³-hybridized carbons (Fsp3) is 0.0769. The molecule has 0 heterocycles. The lowest BCUT2D eigenvalue weighted by atomic mass is 10.2. The van der Waals surface area contributed by atoms with E-state index in [0.717, 1.165) is 10.0 Å². The fourth-order valence-corrected chi connectivity index (χ4v) is 2.44. The van der Waals surface area contributed by atoms with Crippen LogP contribution < -0.4 is 4.74 Å². The maximum Gasteiger partial charge on any atom is 0.312 e. The number of hydrogen-bond acceptors (Lipinski definition) is 3. The normalized spacial score (nSPS) is 10.3. The van der Waals surface area contributed by atoms with Crippen LogP contribution >= 0.6 is 39.1 Å². The lowest BCUT2D eigenvalue weighted by Gasteiger charge is -2.08. The highest BCUT2D eigenvalue weighted by molar-refractivity contribution is 9.10. The number of nitro benzene ring substituents is 1. The molecule has 0 unspecified atom stereocenters. The van der Waals surface area contributed by atoms with Gasteiger partial charge in [-0.3, -0.25) is 10.1 Å². The molecule has 0 saturated heterocycles. The van der Waals surface area contributed by atoms with Gasteiger partial charge < -0.3 is 4.74 Å². The summed E-state index contributed by atoms with van der Waals surface area (Å²) in [5.74, 6) is 0.151. The topological polar surface area (TPSA) is 52.4 Å². The lowest BCUT2D eigenvalue weighted by molar-refractivity contribution is -0.385. The third-order valence-corrected chi connectivity index (χ3v) is 3.60. The Labute approximate surface area is 133 Å². The molecule has 20 heavy (non-hydrogen) atoms. The van der Waals surface area contributed by atoms with Crippen molar-refractivity contribution in [3.05, 3.63) is 66.6 Å². The average molecular weight is 377 g/mol. The van der Waals surface area contributed by atoms with Gasteiger partial charge in [0.05, 0.1) is 4.92 Å². The Hall–Kier alpha value is -1.30. The maximum absolute atomic E-state index is 10.9. The van der Waals surface area contributed by atoms with E-state index in [1.54, 1.807) is 12.1 Å². The zero-order chi connectivity index (χ0) is 14.7. The number of halogens is 3. The molecule has 0 saturated carbocycles. The van der Waals surface area contributed by atoms with Gasteiger partial charge in [-0.25, -0.2) is 0 Å². The maximum atomic E-state index is 10.9. The SMILES string of the molecule is O=[N+]([O-])c1cc(Cl)ccc1OCc1ccc(Br)cc1Cl. The Kier molecular flexibility index (Phi) is 4.86. The fourth-order valence-electron chi connectivity index (χ4n) is 1.55. The molecule has 0 atom stereocenters. The summed E-state index contributed by atoms with van der Waals surface area (Å²) in [6.07, 6.45) is 0. The highest BCUT2D eigenvalue weighted by atomic mass is 79.9. The molecule has 0 spiro atoms. The van der Waals surface area contributed by atoms with Gasteiger partial charge in [0.25, 0.3) is 0 Å². The molecule has 0 N–H and O–H groups in total. The van der Waals surface area contributed by atoms with Crippen molar-refractivity contribution in [3.8, 4) is 5.75 Å². The van der Waals surface area contributed by atoms with Crippen LogP contribution in [0.4, 0.5) is 5.69 Å². The van der Waals surface area contributed by atoms with Crippen LogP contribution in [0.15, 0.2) is 40.9 Å². The van der Waals surface area contributed by atoms with E-state index in [4.69, 9.17) is 27.9 Å². The van der Waals surface area contributed by atoms with E-state index in [1.165, 1.54) is 18.2 Å². The predicted molar refractivity (Wildman–Crippen MR) is 81.6 cm³/mol. The predicted octanol–water partition coefficient (Wildman–Crippen LogP) is 5.24. The van der Waals surface area contributed by atoms with Crippen LogP contribution in [-0.4, -0.2) is 4.92 Å². The van der Waals surface area contributed by atoms with Gasteiger partial charge in [0.1, 0.15) is 6.61 Å². The summed E-state index contributed by atoms with van der Waals surface area (Å²) >= 11 is 15.1. The standard InChI is InChI=1S/C13H8BrCl2NO3/c14-9-2-1-8(11(16)5-9)7-20-13-4-3-10(15)6-12(13)17(18)19/h1-6H,7H2. The number of nitrogens with zero attached hydrogens (tertiary/aromatic N) is 1. The van der Waals surface area contributed by atoms with E-state index in [1.807, 2.05) is 6.07 Å². The van der Waals surface area contributed by atoms with Crippen LogP contribution in [0.25, 0.3) is 0 Å². The Morgan fingerprint density at radius 3 is 2.60 bits per heavy atom. The van der Waals surface area contributed by atoms with Crippen molar-refractivity contribution in [2.75, 3.05) is 0 Å². The van der Waals surface area contributed by atoms with Gasteiger partial charge in [-0.05, 0) is 24.3 Å². The summed E-state index contributed by atoms with van der Waals surface area (Å²) < 4.78 is 6.31. The molecule has 104 valence electrons. The molecular weight excluding hydrogens is 369 g/mol. The molecule has 0 radical (unpaired) electrons. The Morgan fingerprint density at radius 2 is 1.95 bits per heavy atom. The Morgan fingerprint density at radius 1 is 1.20 bits per heavy atom. The van der Waals surface area contributed by atoms with Crippen molar-refractivity contribution in [2.45, 2.75) is 6.61 Å². The molecule has 0 aromatic heterocycles. The third kappa shape index (κ3) is 3.62. The van der Waals surface area contributed by atoms with Gasteiger partial charge >= 0.3 is 5.69 Å². The summed E-state index contributed by atoms with van der Waals surface area (Å²) in [4.78, 5) is 10.4. The number of benzene rings is 2. The first-order chi connectivity index (χ1) is 9.47. The Bertz CT molecular complexity index is 664. The summed E-state index contributed by atoms with van der Waals surface area (Å²) in [5, 5.41) is 11.7. The largest absolute Gasteiger partial charge is 0.482 e. The van der Waals surface area contributed by atoms with Gasteiger partial charge in [-0.1, -0.05) is 45.2 Å². The molecule has 0 fully saturated rings. The summed E-state index contributed by atoms with van der Waals surface area (Å²) in [6.45, 7) is 0.134. The molecule has 0 aliphatic rings. The van der Waals surface area contributed by atoms with E-state index < -0.39 is 4.92 Å². The highest BCUT2D eigenvalue weighted by Gasteiger charge is 2.16. The van der Waals surface area contributed by atoms with E-state index in [9.17, 15) is 10.1 Å². The second-order valence-electron chi connectivity index (χ2n) is 3.89. The van der Waals surface area contributed by atoms with E-state index >= 15 is 0 Å². The summed E-state index contributed by atoms with van der Waals surface area (Å²) in [6, 6.07) is 9.59. The van der Waals surface area contributed by atoms with Crippen molar-refractivity contribution < 1.29 is 9.66 Å². The molecule has 4 nitrogen and oxygen atoms in total. The minimum atomic E-state index is -0.537. The van der Waals surface area contributed by atoms with Crippen molar-refractivity contribution in [2.24, 2.45) is 0 Å². The van der Waals surface area contributed by atoms with Crippen LogP contribution in [0, 0.1) is 10.1 Å². The number of ether oxygens (including phenoxy) is 1. The van der Waals surface area contributed by atoms with Gasteiger partial charge in [0.2, 0.25) is 0 Å². The molecule has 0 aliphatic heterocycles. The molecule has 2 rings (SSSR count). The second-order valence-corrected chi connectivity index (χ2v) is 5.65. The Balaban J connectivity index is 2.20. The van der Waals surface area contributed by atoms with E-state index in [-0.39, 0.29) is 23.1 Å². The number of nitro groups is 1. The number of hydrogen-bond donors (Lipinski definition) is 0. The molecule has 0 amide bonds. The zero-order valence-electron chi connectivity index (χ0n) is 9.98. The first-order valence-corrected chi connectivity index (χ1v) is 7.03. The first kappa shape index (κ1) is 15.1. The van der Waals surface area contributed by atoms with Crippen molar-refractivity contribution in [1.82, 2.24) is 0 Å². The van der Waals surface area contributed by atoms with Crippen molar-refractivity contribution >= 4 is 44.8 Å². The van der Waals surface area contributed by atoms with Crippen LogP contribution in [0.3, 0.4) is 0 Å². The van der Waals surface area contributed by atoms with Crippen LogP contribution in [0.5, 0.6) is 5.75 Å². The van der Waals surface area contributed by atoms with Crippen LogP contribution in [-0.2, 0) is 6.61 Å². The first-order valence-electron chi connectivity index (χ1n) is 5.48. The number of rotatable bonds is 4. The van der Waals surface area contributed by atoms with Gasteiger partial charge in [-0.2, -0.15) is 0 Å². The third-order valence-electron chi connectivity index (χ3n) is 2.52. The lowest BCUT2D eigenvalue weighted by Crippen LogP contribution is -1.99. The summed E-state index contributed by atoms with van der Waals surface area (Å²) in [5.41, 5.74) is 0.560. The second kappa shape index (κ2) is 6.43. The van der Waals surface area contributed by atoms with Crippen LogP contribution in [0.1, 0.15) is 5.56 Å². The van der Waals surface area contributed by atoms with Crippen molar-refractivity contribution in [3.63, 3.8) is 0 Å². The molecule has 2 aromatic rings. The molecular formula is C13H8BrCl2NO3. The smallest absolute Gasteiger partial charge is 0.312 e. The quantitative estimate of drug-likeness (QED) is 0.541. The van der Waals surface area contributed by atoms with Gasteiger partial charge in [-0.15, -0.1) is 0 Å².